The highest BCUT2D eigenvalue weighted by Crippen LogP contribution is 2.47. The van der Waals surface area contributed by atoms with E-state index in [1.807, 2.05) is 0 Å². The number of carbonyl (C=O) groups is 1. The van der Waals surface area contributed by atoms with Crippen LogP contribution in [-0.4, -0.2) is 32.5 Å². The number of hydrogen-bond donors (Lipinski definition) is 4. The number of benzene rings is 2. The topological polar surface area (TPSA) is 137 Å². The number of hydrogen-bond acceptors (Lipinski definition) is 8. The Kier molecular flexibility index (Phi) is 4.70. The predicted molar refractivity (Wildman–Crippen MR) is 117 cm³/mol. The molecule has 1 aliphatic carbocycles. The molecule has 1 aliphatic heterocycles. The summed E-state index contributed by atoms with van der Waals surface area (Å²) in [6.07, 6.45) is 5.85. The first-order chi connectivity index (χ1) is 15.9. The second-order valence-electron chi connectivity index (χ2n) is 7.76. The van der Waals surface area contributed by atoms with Gasteiger partial charge in [-0.25, -0.2) is 9.59 Å². The molecule has 3 atom stereocenters. The van der Waals surface area contributed by atoms with Gasteiger partial charge in [0.1, 0.15) is 23.2 Å². The SMILES string of the molecule is O=C1OC2C=CC=CC2C(O)=C1C(c1cccc(O)c1O)c1c(O)c2ccccc2oc1=O. The van der Waals surface area contributed by atoms with Crippen LogP contribution in [0.3, 0.4) is 0 Å². The maximum Gasteiger partial charge on any atom is 0.344 e. The maximum atomic E-state index is 13.1. The van der Waals surface area contributed by atoms with Crippen molar-refractivity contribution < 1.29 is 34.4 Å². The molecule has 1 aromatic heterocycles. The first-order valence-corrected chi connectivity index (χ1v) is 10.1. The number of esters is 1. The lowest BCUT2D eigenvalue weighted by molar-refractivity contribution is -0.146. The molecule has 0 saturated carbocycles. The molecule has 4 N–H and O–H groups in total. The smallest absolute Gasteiger partial charge is 0.344 e. The van der Waals surface area contributed by atoms with E-state index in [1.54, 1.807) is 36.4 Å². The summed E-state index contributed by atoms with van der Waals surface area (Å²) < 4.78 is 10.9. The van der Waals surface area contributed by atoms with Crippen LogP contribution >= 0.6 is 0 Å². The number of fused-ring (bicyclic) bond motifs is 2. The first kappa shape index (κ1) is 20.4. The normalized spacial score (nSPS) is 20.5. The molecule has 2 aliphatic rings. The van der Waals surface area contributed by atoms with Crippen LogP contribution in [0.15, 0.2) is 87.3 Å². The highest BCUT2D eigenvalue weighted by atomic mass is 16.5. The molecule has 3 aromatic rings. The van der Waals surface area contributed by atoms with Gasteiger partial charge in [0.2, 0.25) is 0 Å². The van der Waals surface area contributed by atoms with Crippen LogP contribution in [0, 0.1) is 5.92 Å². The Hall–Kier alpha value is -4.46. The monoisotopic (exact) mass is 446 g/mol. The van der Waals surface area contributed by atoms with Crippen LogP contribution in [-0.2, 0) is 9.53 Å². The fourth-order valence-electron chi connectivity index (χ4n) is 4.32. The number of ether oxygens (including phenoxy) is 1. The molecule has 0 amide bonds. The van der Waals surface area contributed by atoms with E-state index in [9.17, 15) is 30.0 Å². The fraction of sp³-hybridized carbons (Fsp3) is 0.120. The van der Waals surface area contributed by atoms with Gasteiger partial charge in [0, 0.05) is 5.56 Å². The number of aliphatic hydroxyl groups is 1. The summed E-state index contributed by atoms with van der Waals surface area (Å²) >= 11 is 0. The third-order valence-electron chi connectivity index (χ3n) is 5.89. The van der Waals surface area contributed by atoms with E-state index in [0.717, 1.165) is 0 Å². The number of aliphatic hydroxyl groups excluding tert-OH is 1. The van der Waals surface area contributed by atoms with Crippen molar-refractivity contribution in [3.8, 4) is 17.2 Å². The van der Waals surface area contributed by atoms with Crippen molar-refractivity contribution in [1.29, 1.82) is 0 Å². The Morgan fingerprint density at radius 3 is 2.42 bits per heavy atom. The van der Waals surface area contributed by atoms with E-state index in [1.165, 1.54) is 30.3 Å². The summed E-state index contributed by atoms with van der Waals surface area (Å²) in [6, 6.07) is 10.3. The molecule has 8 heteroatoms. The fourth-order valence-corrected chi connectivity index (χ4v) is 4.32. The Bertz CT molecular complexity index is 1440. The van der Waals surface area contributed by atoms with Crippen molar-refractivity contribution in [1.82, 2.24) is 0 Å². The molecule has 0 fully saturated rings. The molecule has 0 spiro atoms. The molecular weight excluding hydrogens is 428 g/mol. The van der Waals surface area contributed by atoms with E-state index in [0.29, 0.717) is 0 Å². The van der Waals surface area contributed by atoms with Crippen molar-refractivity contribution in [2.24, 2.45) is 5.92 Å². The van der Waals surface area contributed by atoms with E-state index >= 15 is 0 Å². The van der Waals surface area contributed by atoms with Gasteiger partial charge in [-0.3, -0.25) is 0 Å². The van der Waals surface area contributed by atoms with E-state index < -0.39 is 46.8 Å². The summed E-state index contributed by atoms with van der Waals surface area (Å²) in [5.41, 5.74) is -1.70. The molecule has 0 saturated heterocycles. The van der Waals surface area contributed by atoms with Gasteiger partial charge in [-0.05, 0) is 24.3 Å². The van der Waals surface area contributed by atoms with Crippen LogP contribution in [0.2, 0.25) is 0 Å². The van der Waals surface area contributed by atoms with Crippen LogP contribution < -0.4 is 5.63 Å². The zero-order chi connectivity index (χ0) is 23.3. The van der Waals surface area contributed by atoms with Gasteiger partial charge < -0.3 is 29.6 Å². The Morgan fingerprint density at radius 1 is 0.848 bits per heavy atom. The second kappa shape index (κ2) is 7.59. The summed E-state index contributed by atoms with van der Waals surface area (Å²) in [5.74, 6) is -5.15. The second-order valence-corrected chi connectivity index (χ2v) is 7.76. The van der Waals surface area contributed by atoms with Crippen LogP contribution in [0.25, 0.3) is 11.0 Å². The molecule has 3 unspecified atom stereocenters. The minimum Gasteiger partial charge on any atom is -0.511 e. The van der Waals surface area contributed by atoms with Crippen molar-refractivity contribution >= 4 is 16.9 Å². The van der Waals surface area contributed by atoms with Crippen LogP contribution in [0.4, 0.5) is 0 Å². The van der Waals surface area contributed by atoms with Crippen LogP contribution in [0.1, 0.15) is 17.0 Å². The molecule has 2 heterocycles. The van der Waals surface area contributed by atoms with Crippen molar-refractivity contribution in [3.63, 3.8) is 0 Å². The standard InChI is InChI=1S/C25H18O8/c26-15-9-5-8-14(21(15)27)18(19-22(28)12-6-1-3-10-16(12)32-24(19)30)20-23(29)13-7-2-4-11-17(13)33-25(20)31/h1-12,16,18,26-29H. The average Bonchev–Trinajstić information content (AvgIpc) is 2.80. The molecule has 8 nitrogen and oxygen atoms in total. The van der Waals surface area contributed by atoms with Gasteiger partial charge in [0.25, 0.3) is 0 Å². The Morgan fingerprint density at radius 2 is 1.61 bits per heavy atom. The van der Waals surface area contributed by atoms with Crippen LogP contribution in [0.5, 0.6) is 17.2 Å². The van der Waals surface area contributed by atoms with E-state index in [4.69, 9.17) is 9.15 Å². The molecular formula is C25H18O8. The third kappa shape index (κ3) is 3.15. The minimum atomic E-state index is -1.49. The maximum absolute atomic E-state index is 13.1. The van der Waals surface area contributed by atoms with E-state index in [2.05, 4.69) is 0 Å². The molecule has 33 heavy (non-hydrogen) atoms. The van der Waals surface area contributed by atoms with Gasteiger partial charge in [0.15, 0.2) is 11.5 Å². The highest BCUT2D eigenvalue weighted by molar-refractivity contribution is 5.94. The predicted octanol–water partition coefficient (Wildman–Crippen LogP) is 3.52. The third-order valence-corrected chi connectivity index (χ3v) is 5.89. The number of para-hydroxylation sites is 2. The average molecular weight is 446 g/mol. The summed E-state index contributed by atoms with van der Waals surface area (Å²) in [5, 5.41) is 43.1. The number of phenolic OH excluding ortho intramolecular Hbond substituents is 2. The lowest BCUT2D eigenvalue weighted by Gasteiger charge is -2.33. The Balaban J connectivity index is 1.85. The zero-order valence-corrected chi connectivity index (χ0v) is 17.0. The Labute approximate surface area is 186 Å². The summed E-state index contributed by atoms with van der Waals surface area (Å²) in [4.78, 5) is 26.1. The largest absolute Gasteiger partial charge is 0.511 e. The van der Waals surface area contributed by atoms with Gasteiger partial charge >= 0.3 is 11.6 Å². The van der Waals surface area contributed by atoms with Crippen molar-refractivity contribution in [3.05, 3.63) is 99.6 Å². The summed E-state index contributed by atoms with van der Waals surface area (Å²) in [7, 11) is 0. The molecule has 0 bridgehead atoms. The molecule has 0 radical (unpaired) electrons. The molecule has 5 rings (SSSR count). The number of phenols is 2. The van der Waals surface area contributed by atoms with Crippen molar-refractivity contribution in [2.45, 2.75) is 12.0 Å². The lowest BCUT2D eigenvalue weighted by atomic mass is 9.79. The lowest BCUT2D eigenvalue weighted by Crippen LogP contribution is -2.36. The number of aromatic hydroxyl groups is 3. The van der Waals surface area contributed by atoms with Gasteiger partial charge in [-0.15, -0.1) is 0 Å². The van der Waals surface area contributed by atoms with E-state index in [-0.39, 0.29) is 33.4 Å². The van der Waals surface area contributed by atoms with Gasteiger partial charge in [0.05, 0.1) is 28.4 Å². The number of allylic oxidation sites excluding steroid dienone is 2. The quantitative estimate of drug-likeness (QED) is 0.272. The summed E-state index contributed by atoms with van der Waals surface area (Å²) in [6.45, 7) is 0. The molecule has 2 aromatic carbocycles. The van der Waals surface area contributed by atoms with Gasteiger partial charge in [-0.1, -0.05) is 42.5 Å². The zero-order valence-electron chi connectivity index (χ0n) is 17.0. The molecule has 166 valence electrons. The minimum absolute atomic E-state index is 0.0971. The first-order valence-electron chi connectivity index (χ1n) is 10.1. The number of rotatable bonds is 3. The highest BCUT2D eigenvalue weighted by Gasteiger charge is 2.43. The number of carbonyl (C=O) groups excluding carboxylic acids is 1. The van der Waals surface area contributed by atoms with Gasteiger partial charge in [-0.2, -0.15) is 0 Å². The van der Waals surface area contributed by atoms with Crippen molar-refractivity contribution in [2.75, 3.05) is 0 Å².